The Labute approximate surface area is 166 Å². The van der Waals surface area contributed by atoms with E-state index in [0.29, 0.717) is 47.3 Å². The summed E-state index contributed by atoms with van der Waals surface area (Å²) in [4.78, 5) is 21.5. The number of hydrogen-bond acceptors (Lipinski definition) is 8. The van der Waals surface area contributed by atoms with Crippen molar-refractivity contribution in [2.45, 2.75) is 12.6 Å². The summed E-state index contributed by atoms with van der Waals surface area (Å²) in [6.07, 6.45) is 0.228. The van der Waals surface area contributed by atoms with E-state index in [1.807, 2.05) is 28.8 Å². The van der Waals surface area contributed by atoms with Crippen LogP contribution in [0.4, 0.5) is 5.95 Å². The van der Waals surface area contributed by atoms with Gasteiger partial charge >= 0.3 is 5.97 Å². The molecule has 0 spiro atoms. The number of hydrogen-bond donors (Lipinski definition) is 2. The molecule has 2 aromatic carbocycles. The molecule has 0 saturated carbocycles. The summed E-state index contributed by atoms with van der Waals surface area (Å²) in [5.41, 5.74) is 8.60. The summed E-state index contributed by atoms with van der Waals surface area (Å²) in [6, 6.07) is 10.9. The molecule has 2 aliphatic heterocycles. The molecule has 3 N–H and O–H groups in total. The lowest BCUT2D eigenvalue weighted by molar-refractivity contribution is 0.0598. The molecule has 1 atom stereocenters. The Morgan fingerprint density at radius 2 is 2.00 bits per heavy atom. The fraction of sp³-hybridized carbons (Fsp3) is 0.250. The predicted octanol–water partition coefficient (Wildman–Crippen LogP) is 2.27. The highest BCUT2D eigenvalue weighted by Crippen LogP contribution is 2.39. The molecular weight excluding hydrogens is 374 g/mol. The van der Waals surface area contributed by atoms with Crippen molar-refractivity contribution in [3.63, 3.8) is 0 Å². The minimum absolute atomic E-state index is 0.214. The molecule has 148 valence electrons. The average Bonchev–Trinajstić information content (AvgIpc) is 2.92. The van der Waals surface area contributed by atoms with Crippen LogP contribution in [0.15, 0.2) is 41.4 Å². The maximum Gasteiger partial charge on any atom is 0.338 e. The van der Waals surface area contributed by atoms with Gasteiger partial charge in [-0.3, -0.25) is 9.88 Å². The van der Waals surface area contributed by atoms with Crippen LogP contribution in [0.1, 0.15) is 28.5 Å². The Hall–Kier alpha value is -3.75. The molecule has 29 heavy (non-hydrogen) atoms. The van der Waals surface area contributed by atoms with Crippen LogP contribution in [0.5, 0.6) is 11.5 Å². The number of esters is 1. The molecule has 1 aromatic heterocycles. The van der Waals surface area contributed by atoms with Crippen LogP contribution >= 0.6 is 0 Å². The van der Waals surface area contributed by atoms with Crippen molar-refractivity contribution in [2.75, 3.05) is 25.6 Å². The zero-order valence-electron chi connectivity index (χ0n) is 15.7. The van der Waals surface area contributed by atoms with Crippen molar-refractivity contribution >= 4 is 28.9 Å². The summed E-state index contributed by atoms with van der Waals surface area (Å²) >= 11 is 0. The van der Waals surface area contributed by atoms with Crippen molar-refractivity contribution in [1.29, 1.82) is 0 Å². The molecule has 5 rings (SSSR count). The molecular formula is C20H19N5O4. The number of carbonyl (C=O) groups excluding carboxylic acids is 1. The van der Waals surface area contributed by atoms with Crippen LogP contribution < -0.4 is 20.5 Å². The van der Waals surface area contributed by atoms with E-state index >= 15 is 0 Å². The normalized spacial score (nSPS) is 17.7. The van der Waals surface area contributed by atoms with Crippen LogP contribution in [0.25, 0.3) is 11.0 Å². The monoisotopic (exact) mass is 393 g/mol. The molecule has 3 aromatic rings. The molecule has 9 heteroatoms. The van der Waals surface area contributed by atoms with Crippen molar-refractivity contribution in [2.24, 2.45) is 10.7 Å². The Kier molecular flexibility index (Phi) is 4.01. The lowest BCUT2D eigenvalue weighted by Gasteiger charge is -2.25. The van der Waals surface area contributed by atoms with Crippen LogP contribution in [-0.2, 0) is 4.74 Å². The average molecular weight is 393 g/mol. The standard InChI is InChI=1S/C20H19N5O4/c1-27-18(26)12-6-3-2-5-11(12)17-23-19(21)24-20-22-13-9-15-16(10-14(13)25(17)20)29-8-4-7-28-15/h2-3,5-6,9-10,17H,4,7-8H2,1H3,(H3,21,22,23,24)/t17-/m0/s1. The van der Waals surface area contributed by atoms with E-state index in [9.17, 15) is 4.79 Å². The molecule has 0 fully saturated rings. The summed E-state index contributed by atoms with van der Waals surface area (Å²) in [5.74, 6) is 1.61. The van der Waals surface area contributed by atoms with Gasteiger partial charge in [0.25, 0.3) is 0 Å². The first-order chi connectivity index (χ1) is 14.2. The van der Waals surface area contributed by atoms with Gasteiger partial charge in [-0.1, -0.05) is 18.2 Å². The largest absolute Gasteiger partial charge is 0.489 e. The van der Waals surface area contributed by atoms with Gasteiger partial charge in [0.15, 0.2) is 23.6 Å². The Morgan fingerprint density at radius 1 is 1.24 bits per heavy atom. The first-order valence-corrected chi connectivity index (χ1v) is 9.25. The van der Waals surface area contributed by atoms with E-state index in [1.165, 1.54) is 7.11 Å². The second-order valence-corrected chi connectivity index (χ2v) is 6.74. The van der Waals surface area contributed by atoms with Crippen LogP contribution in [-0.4, -0.2) is 41.8 Å². The number of imidazole rings is 1. The lowest BCUT2D eigenvalue weighted by Crippen LogP contribution is -2.32. The van der Waals surface area contributed by atoms with Gasteiger partial charge in [-0.2, -0.15) is 0 Å². The van der Waals surface area contributed by atoms with Crippen LogP contribution in [0.3, 0.4) is 0 Å². The molecule has 2 aliphatic rings. The zero-order valence-corrected chi connectivity index (χ0v) is 15.7. The fourth-order valence-corrected chi connectivity index (χ4v) is 3.65. The smallest absolute Gasteiger partial charge is 0.338 e. The van der Waals surface area contributed by atoms with Crippen LogP contribution in [0.2, 0.25) is 0 Å². The molecule has 3 heterocycles. The number of nitrogens with two attached hydrogens (primary N) is 1. The van der Waals surface area contributed by atoms with Gasteiger partial charge in [-0.15, -0.1) is 0 Å². The number of aliphatic imine (C=N–C) groups is 1. The number of rotatable bonds is 2. The maximum atomic E-state index is 12.3. The molecule has 0 saturated heterocycles. The maximum absolute atomic E-state index is 12.3. The third-order valence-corrected chi connectivity index (χ3v) is 4.95. The SMILES string of the molecule is COC(=O)c1ccccc1[C@H]1N=C(N)Nc2nc3cc4c(cc3n21)OCCCO4. The molecule has 0 amide bonds. The van der Waals surface area contributed by atoms with Gasteiger partial charge in [0.05, 0.1) is 36.9 Å². The number of benzene rings is 2. The number of nitrogens with one attached hydrogen (secondary N) is 1. The van der Waals surface area contributed by atoms with E-state index in [-0.39, 0.29) is 5.96 Å². The number of carbonyl (C=O) groups is 1. The minimum atomic E-state index is -0.587. The number of methoxy groups -OCH3 is 1. The number of anilines is 1. The van der Waals surface area contributed by atoms with Crippen molar-refractivity contribution in [3.05, 3.63) is 47.5 Å². The molecule has 0 radical (unpaired) electrons. The second-order valence-electron chi connectivity index (χ2n) is 6.74. The molecule has 0 bridgehead atoms. The fourth-order valence-electron chi connectivity index (χ4n) is 3.65. The number of guanidine groups is 1. The first-order valence-electron chi connectivity index (χ1n) is 9.25. The van der Waals surface area contributed by atoms with E-state index < -0.39 is 12.1 Å². The molecule has 9 nitrogen and oxygen atoms in total. The number of nitrogens with zero attached hydrogens (tertiary/aromatic N) is 3. The van der Waals surface area contributed by atoms with Gasteiger partial charge in [-0.25, -0.2) is 14.8 Å². The molecule has 0 unspecified atom stereocenters. The van der Waals surface area contributed by atoms with Crippen molar-refractivity contribution < 1.29 is 19.0 Å². The van der Waals surface area contributed by atoms with Crippen molar-refractivity contribution in [3.8, 4) is 11.5 Å². The third kappa shape index (κ3) is 2.82. The summed E-state index contributed by atoms with van der Waals surface area (Å²) in [6.45, 7) is 1.17. The van der Waals surface area contributed by atoms with E-state index in [0.717, 1.165) is 11.9 Å². The zero-order chi connectivity index (χ0) is 20.0. The van der Waals surface area contributed by atoms with Gasteiger partial charge in [-0.05, 0) is 6.07 Å². The van der Waals surface area contributed by atoms with E-state index in [1.54, 1.807) is 12.1 Å². The van der Waals surface area contributed by atoms with Gasteiger partial charge in [0.2, 0.25) is 5.95 Å². The minimum Gasteiger partial charge on any atom is -0.489 e. The van der Waals surface area contributed by atoms with E-state index in [2.05, 4.69) is 15.3 Å². The number of aromatic nitrogens is 2. The lowest BCUT2D eigenvalue weighted by atomic mass is 10.0. The third-order valence-electron chi connectivity index (χ3n) is 4.95. The highest BCUT2D eigenvalue weighted by molar-refractivity contribution is 5.96. The summed E-state index contributed by atoms with van der Waals surface area (Å²) < 4.78 is 18.4. The number of ether oxygens (including phenoxy) is 3. The Morgan fingerprint density at radius 3 is 2.79 bits per heavy atom. The number of fused-ring (bicyclic) bond motifs is 4. The highest BCUT2D eigenvalue weighted by atomic mass is 16.5. The Balaban J connectivity index is 1.72. The highest BCUT2D eigenvalue weighted by Gasteiger charge is 2.29. The summed E-state index contributed by atoms with van der Waals surface area (Å²) in [5, 5.41) is 3.00. The first kappa shape index (κ1) is 17.4. The Bertz CT molecular complexity index is 1150. The van der Waals surface area contributed by atoms with E-state index in [4.69, 9.17) is 19.9 Å². The predicted molar refractivity (Wildman–Crippen MR) is 107 cm³/mol. The quantitative estimate of drug-likeness (QED) is 0.642. The van der Waals surface area contributed by atoms with Crippen molar-refractivity contribution in [1.82, 2.24) is 9.55 Å². The topological polar surface area (TPSA) is 113 Å². The van der Waals surface area contributed by atoms with Gasteiger partial charge < -0.3 is 19.9 Å². The second kappa shape index (κ2) is 6.69. The van der Waals surface area contributed by atoms with Crippen LogP contribution in [0, 0.1) is 0 Å². The summed E-state index contributed by atoms with van der Waals surface area (Å²) in [7, 11) is 1.35. The molecule has 0 aliphatic carbocycles. The van der Waals surface area contributed by atoms with Gasteiger partial charge in [0.1, 0.15) is 0 Å². The van der Waals surface area contributed by atoms with Gasteiger partial charge in [0, 0.05) is 24.1 Å².